The van der Waals surface area contributed by atoms with Gasteiger partial charge in [-0.25, -0.2) is 0 Å². The van der Waals surface area contributed by atoms with Crippen molar-refractivity contribution >= 4 is 53.8 Å². The zero-order chi connectivity index (χ0) is 26.8. The SMILES string of the molecule is NOS(=O)(=O)c1ccc2c(N=Nc3ccc(N=Nc4cccc(S(=O)(=O)O)c4)cc3O)c(O)ccc2c1. The van der Waals surface area contributed by atoms with Crippen LogP contribution in [0.15, 0.2) is 103 Å². The molecule has 0 saturated heterocycles. The first kappa shape index (κ1) is 25.8. The van der Waals surface area contributed by atoms with Crippen LogP contribution in [-0.2, 0) is 24.5 Å². The van der Waals surface area contributed by atoms with Crippen molar-refractivity contribution in [2.24, 2.45) is 26.4 Å². The number of phenols is 2. The van der Waals surface area contributed by atoms with Crippen LogP contribution in [0.1, 0.15) is 0 Å². The summed E-state index contributed by atoms with van der Waals surface area (Å²) in [5.74, 6) is 4.26. The summed E-state index contributed by atoms with van der Waals surface area (Å²) in [6.45, 7) is 0. The van der Waals surface area contributed by atoms with Crippen molar-refractivity contribution in [3.05, 3.63) is 72.8 Å². The summed E-state index contributed by atoms with van der Waals surface area (Å²) in [5, 5.41) is 37.1. The van der Waals surface area contributed by atoms with Crippen LogP contribution in [0.4, 0.5) is 22.7 Å². The molecule has 0 saturated carbocycles. The topological polar surface area (TPSA) is 214 Å². The number of nitrogens with zero attached hydrogens (tertiary/aromatic N) is 4. The van der Waals surface area contributed by atoms with Crippen molar-refractivity contribution in [3.8, 4) is 11.5 Å². The number of azo groups is 2. The fraction of sp³-hybridized carbons (Fsp3) is 0. The standard InChI is InChI=1S/C22H17N5O8S2/c23-35-37(33,34)17-6-7-18-13(10-17)4-9-20(28)22(18)27-26-19-8-5-15(12-21(19)29)25-24-14-2-1-3-16(11-14)36(30,31)32/h1-12,28-29H,23H2,(H,30,31,32). The molecule has 0 aromatic heterocycles. The Bertz CT molecular complexity index is 1790. The molecule has 37 heavy (non-hydrogen) atoms. The number of hydrogen-bond donors (Lipinski definition) is 4. The van der Waals surface area contributed by atoms with E-state index in [1.165, 1.54) is 66.7 Å². The summed E-state index contributed by atoms with van der Waals surface area (Å²) in [7, 11) is -8.53. The second-order valence-electron chi connectivity index (χ2n) is 7.41. The lowest BCUT2D eigenvalue weighted by Gasteiger charge is -2.07. The molecule has 0 fully saturated rings. The zero-order valence-electron chi connectivity index (χ0n) is 18.5. The second kappa shape index (κ2) is 10.00. The lowest BCUT2D eigenvalue weighted by molar-refractivity contribution is 0.333. The Kier molecular flexibility index (Phi) is 6.97. The Balaban J connectivity index is 1.61. The van der Waals surface area contributed by atoms with Crippen LogP contribution < -0.4 is 5.90 Å². The highest BCUT2D eigenvalue weighted by atomic mass is 32.2. The van der Waals surface area contributed by atoms with Crippen LogP contribution in [-0.4, -0.2) is 31.6 Å². The number of phenolic OH excluding ortho intramolecular Hbond substituents is 2. The van der Waals surface area contributed by atoms with Crippen molar-refractivity contribution in [3.63, 3.8) is 0 Å². The van der Waals surface area contributed by atoms with Gasteiger partial charge in [0.15, 0.2) is 0 Å². The van der Waals surface area contributed by atoms with Gasteiger partial charge in [-0.2, -0.15) is 37.2 Å². The van der Waals surface area contributed by atoms with Gasteiger partial charge in [-0.05, 0) is 53.9 Å². The number of nitrogens with two attached hydrogens (primary N) is 1. The van der Waals surface area contributed by atoms with Crippen LogP contribution in [0.2, 0.25) is 0 Å². The molecule has 4 rings (SSSR count). The summed E-state index contributed by atoms with van der Waals surface area (Å²) >= 11 is 0. The molecule has 0 aliphatic heterocycles. The summed E-state index contributed by atoms with van der Waals surface area (Å²) in [6.07, 6.45) is 0. The first-order valence-corrected chi connectivity index (χ1v) is 13.0. The molecule has 0 bridgehead atoms. The normalized spacial score (nSPS) is 12.6. The molecule has 15 heteroatoms. The fourth-order valence-electron chi connectivity index (χ4n) is 3.18. The molecular formula is C22H17N5O8S2. The van der Waals surface area contributed by atoms with Crippen LogP contribution >= 0.6 is 0 Å². The fourth-order valence-corrected chi connectivity index (χ4v) is 4.32. The summed E-state index contributed by atoms with van der Waals surface area (Å²) < 4.78 is 59.3. The second-order valence-corrected chi connectivity index (χ2v) is 10.4. The molecule has 190 valence electrons. The van der Waals surface area contributed by atoms with Crippen molar-refractivity contribution in [2.45, 2.75) is 9.79 Å². The average molecular weight is 544 g/mol. The van der Waals surface area contributed by atoms with Crippen molar-refractivity contribution in [1.29, 1.82) is 0 Å². The van der Waals surface area contributed by atoms with Gasteiger partial charge in [0.25, 0.3) is 10.1 Å². The van der Waals surface area contributed by atoms with E-state index in [-0.39, 0.29) is 44.0 Å². The monoisotopic (exact) mass is 543 g/mol. The molecule has 0 heterocycles. The van der Waals surface area contributed by atoms with Crippen LogP contribution in [0.25, 0.3) is 10.8 Å². The van der Waals surface area contributed by atoms with E-state index in [0.29, 0.717) is 10.8 Å². The van der Waals surface area contributed by atoms with Gasteiger partial charge in [0.2, 0.25) is 0 Å². The smallest absolute Gasteiger partial charge is 0.312 e. The van der Waals surface area contributed by atoms with E-state index in [0.717, 1.165) is 6.07 Å². The highest BCUT2D eigenvalue weighted by Gasteiger charge is 2.16. The molecule has 0 unspecified atom stereocenters. The van der Waals surface area contributed by atoms with Gasteiger partial charge in [0, 0.05) is 11.5 Å². The Morgan fingerprint density at radius 2 is 1.43 bits per heavy atom. The molecule has 0 atom stereocenters. The molecule has 0 spiro atoms. The first-order valence-electron chi connectivity index (χ1n) is 10.1. The van der Waals surface area contributed by atoms with Gasteiger partial charge >= 0.3 is 10.1 Å². The van der Waals surface area contributed by atoms with E-state index in [4.69, 9.17) is 10.4 Å². The summed E-state index contributed by atoms with van der Waals surface area (Å²) in [6, 6.07) is 15.9. The predicted octanol–water partition coefficient (Wildman–Crippen LogP) is 4.91. The third-order valence-electron chi connectivity index (χ3n) is 4.97. The Labute approximate surface area is 210 Å². The van der Waals surface area contributed by atoms with E-state index in [2.05, 4.69) is 24.7 Å². The molecule has 4 aromatic rings. The maximum absolute atomic E-state index is 11.8. The van der Waals surface area contributed by atoms with Crippen LogP contribution in [0, 0.1) is 0 Å². The Morgan fingerprint density at radius 1 is 0.703 bits per heavy atom. The molecule has 4 aromatic carbocycles. The summed E-state index contributed by atoms with van der Waals surface area (Å²) in [5.41, 5.74) is 0.410. The average Bonchev–Trinajstić information content (AvgIpc) is 2.87. The van der Waals surface area contributed by atoms with E-state index >= 15 is 0 Å². The lowest BCUT2D eigenvalue weighted by atomic mass is 10.1. The molecule has 0 aliphatic carbocycles. The van der Waals surface area contributed by atoms with Gasteiger partial charge in [-0.1, -0.05) is 18.2 Å². The number of aromatic hydroxyl groups is 2. The first-order chi connectivity index (χ1) is 17.5. The quantitative estimate of drug-likeness (QED) is 0.141. The third-order valence-corrected chi connectivity index (χ3v) is 6.90. The van der Waals surface area contributed by atoms with Crippen molar-refractivity contribution in [1.82, 2.24) is 0 Å². The minimum absolute atomic E-state index is 0.0250. The third kappa shape index (κ3) is 5.76. The molecule has 5 N–H and O–H groups in total. The van der Waals surface area contributed by atoms with E-state index in [1.807, 2.05) is 0 Å². The maximum Gasteiger partial charge on any atom is 0.312 e. The van der Waals surface area contributed by atoms with Crippen LogP contribution in [0.5, 0.6) is 11.5 Å². The highest BCUT2D eigenvalue weighted by molar-refractivity contribution is 7.86. The van der Waals surface area contributed by atoms with E-state index < -0.39 is 20.2 Å². The minimum atomic E-state index is -4.40. The maximum atomic E-state index is 11.8. The molecular weight excluding hydrogens is 526 g/mol. The predicted molar refractivity (Wildman–Crippen MR) is 131 cm³/mol. The van der Waals surface area contributed by atoms with E-state index in [1.54, 1.807) is 0 Å². The molecule has 0 amide bonds. The van der Waals surface area contributed by atoms with Gasteiger partial charge in [0.05, 0.1) is 21.2 Å². The van der Waals surface area contributed by atoms with Crippen molar-refractivity contribution < 1.29 is 35.9 Å². The van der Waals surface area contributed by atoms with Gasteiger partial charge in [-0.15, -0.1) is 10.2 Å². The zero-order valence-corrected chi connectivity index (χ0v) is 20.1. The number of rotatable bonds is 7. The van der Waals surface area contributed by atoms with Gasteiger partial charge in [0.1, 0.15) is 22.9 Å². The lowest BCUT2D eigenvalue weighted by Crippen LogP contribution is -2.10. The molecule has 0 radical (unpaired) electrons. The Morgan fingerprint density at radius 3 is 2.11 bits per heavy atom. The number of hydrogen-bond acceptors (Lipinski definition) is 12. The van der Waals surface area contributed by atoms with Crippen molar-refractivity contribution in [2.75, 3.05) is 0 Å². The molecule has 0 aliphatic rings. The van der Waals surface area contributed by atoms with E-state index in [9.17, 15) is 27.0 Å². The summed E-state index contributed by atoms with van der Waals surface area (Å²) in [4.78, 5) is -0.534. The van der Waals surface area contributed by atoms with Gasteiger partial charge < -0.3 is 10.2 Å². The molecule has 13 nitrogen and oxygen atoms in total. The number of fused-ring (bicyclic) bond motifs is 1. The Hall–Kier alpha value is -4.28. The number of benzene rings is 4. The van der Waals surface area contributed by atoms with Gasteiger partial charge in [-0.3, -0.25) is 4.55 Å². The largest absolute Gasteiger partial charge is 0.506 e. The minimum Gasteiger partial charge on any atom is -0.506 e. The highest BCUT2D eigenvalue weighted by Crippen LogP contribution is 2.39. The van der Waals surface area contributed by atoms with Crippen LogP contribution in [0.3, 0.4) is 0 Å².